The third-order valence-corrected chi connectivity index (χ3v) is 5.09. The Kier molecular flexibility index (Phi) is 5.81. The van der Waals surface area contributed by atoms with E-state index in [2.05, 4.69) is 26.1 Å². The van der Waals surface area contributed by atoms with E-state index in [-0.39, 0.29) is 18.6 Å². The lowest BCUT2D eigenvalue weighted by atomic mass is 10.0. The number of hydrogen-bond donors (Lipinski definition) is 2. The highest BCUT2D eigenvalue weighted by Gasteiger charge is 2.23. The molecule has 0 radical (unpaired) electrons. The fourth-order valence-electron chi connectivity index (χ4n) is 2.35. The molecule has 0 aromatic carbocycles. The van der Waals surface area contributed by atoms with E-state index in [1.807, 2.05) is 11.4 Å². The Bertz CT molecular complexity index is 425. The number of likely N-dealkylation sites (tertiary alicyclic amines) is 1. The van der Waals surface area contributed by atoms with Gasteiger partial charge in [-0.3, -0.25) is 9.69 Å². The first-order valence-corrected chi connectivity index (χ1v) is 8.21. The summed E-state index contributed by atoms with van der Waals surface area (Å²) >= 11 is 5.03. The average molecular weight is 347 g/mol. The number of piperidine rings is 1. The highest BCUT2D eigenvalue weighted by Crippen LogP contribution is 2.19. The van der Waals surface area contributed by atoms with Gasteiger partial charge in [0.05, 0.1) is 19.7 Å². The maximum atomic E-state index is 11.9. The third kappa shape index (κ3) is 4.56. The van der Waals surface area contributed by atoms with Crippen molar-refractivity contribution in [2.75, 3.05) is 19.7 Å². The van der Waals surface area contributed by atoms with Crippen molar-refractivity contribution in [3.05, 3.63) is 20.8 Å². The zero-order valence-corrected chi connectivity index (χ0v) is 13.2. The number of halogens is 1. The van der Waals surface area contributed by atoms with E-state index in [0.717, 1.165) is 35.2 Å². The van der Waals surface area contributed by atoms with Crippen molar-refractivity contribution in [2.24, 2.45) is 0 Å². The minimum atomic E-state index is 0.0323. The summed E-state index contributed by atoms with van der Waals surface area (Å²) < 4.78 is 1.05. The Morgan fingerprint density at radius 3 is 3.11 bits per heavy atom. The smallest absolute Gasteiger partial charge is 0.234 e. The summed E-state index contributed by atoms with van der Waals surface area (Å²) in [5.41, 5.74) is 0. The molecule has 1 aliphatic heterocycles. The second-order valence-electron chi connectivity index (χ2n) is 4.81. The molecule has 2 rings (SSSR count). The summed E-state index contributed by atoms with van der Waals surface area (Å²) in [7, 11) is 0. The lowest BCUT2D eigenvalue weighted by Gasteiger charge is -2.33. The van der Waals surface area contributed by atoms with Crippen LogP contribution < -0.4 is 5.32 Å². The molecule has 1 aromatic rings. The van der Waals surface area contributed by atoms with Crippen molar-refractivity contribution in [3.8, 4) is 0 Å². The molecule has 1 aromatic heterocycles. The minimum absolute atomic E-state index is 0.0323. The molecule has 4 nitrogen and oxygen atoms in total. The number of rotatable bonds is 5. The molecule has 1 aliphatic rings. The van der Waals surface area contributed by atoms with Gasteiger partial charge in [-0.25, -0.2) is 0 Å². The Hall–Kier alpha value is -0.430. The first-order valence-electron chi connectivity index (χ1n) is 6.53. The van der Waals surface area contributed by atoms with Gasteiger partial charge in [0.2, 0.25) is 5.91 Å². The number of nitrogens with zero attached hydrogens (tertiary/aromatic N) is 1. The number of aliphatic hydroxyl groups excluding tert-OH is 1. The van der Waals surface area contributed by atoms with Crippen LogP contribution in [0, 0.1) is 0 Å². The van der Waals surface area contributed by atoms with E-state index in [1.54, 1.807) is 11.3 Å². The molecule has 0 saturated carbocycles. The van der Waals surface area contributed by atoms with Crippen LogP contribution in [-0.4, -0.2) is 41.7 Å². The minimum Gasteiger partial charge on any atom is -0.395 e. The van der Waals surface area contributed by atoms with Crippen LogP contribution in [0.15, 0.2) is 15.9 Å². The quantitative estimate of drug-likeness (QED) is 0.856. The Labute approximate surface area is 125 Å². The number of hydrogen-bond acceptors (Lipinski definition) is 4. The van der Waals surface area contributed by atoms with Crippen molar-refractivity contribution in [2.45, 2.75) is 31.8 Å². The van der Waals surface area contributed by atoms with Crippen molar-refractivity contribution in [1.29, 1.82) is 0 Å². The van der Waals surface area contributed by atoms with Gasteiger partial charge in [-0.1, -0.05) is 6.42 Å². The summed E-state index contributed by atoms with van der Waals surface area (Å²) in [5.74, 6) is 0.0323. The zero-order chi connectivity index (χ0) is 13.7. The van der Waals surface area contributed by atoms with Gasteiger partial charge in [-0.2, -0.15) is 0 Å². The second-order valence-corrected chi connectivity index (χ2v) is 6.72. The molecule has 1 amide bonds. The lowest BCUT2D eigenvalue weighted by Crippen LogP contribution is -2.46. The van der Waals surface area contributed by atoms with Crippen LogP contribution in [0.25, 0.3) is 0 Å². The van der Waals surface area contributed by atoms with Crippen molar-refractivity contribution in [1.82, 2.24) is 10.2 Å². The molecule has 2 N–H and O–H groups in total. The summed E-state index contributed by atoms with van der Waals surface area (Å²) in [6.45, 7) is 2.01. The molecule has 106 valence electrons. The number of carbonyl (C=O) groups excluding carboxylic acids is 1. The molecule has 2 heterocycles. The van der Waals surface area contributed by atoms with Gasteiger partial charge in [0, 0.05) is 20.8 Å². The van der Waals surface area contributed by atoms with Crippen LogP contribution in [-0.2, 0) is 11.3 Å². The largest absolute Gasteiger partial charge is 0.395 e. The summed E-state index contributed by atoms with van der Waals surface area (Å²) in [5, 5.41) is 14.2. The molecule has 0 aliphatic carbocycles. The van der Waals surface area contributed by atoms with Gasteiger partial charge in [-0.15, -0.1) is 11.3 Å². The summed E-state index contributed by atoms with van der Waals surface area (Å²) in [6.07, 6.45) is 3.25. The van der Waals surface area contributed by atoms with E-state index in [4.69, 9.17) is 0 Å². The zero-order valence-electron chi connectivity index (χ0n) is 10.8. The van der Waals surface area contributed by atoms with E-state index < -0.39 is 0 Å². The molecular weight excluding hydrogens is 328 g/mol. The van der Waals surface area contributed by atoms with E-state index in [0.29, 0.717) is 13.1 Å². The second kappa shape index (κ2) is 7.38. The van der Waals surface area contributed by atoms with Gasteiger partial charge < -0.3 is 10.4 Å². The highest BCUT2D eigenvalue weighted by molar-refractivity contribution is 9.10. The average Bonchev–Trinajstić information content (AvgIpc) is 2.83. The fraction of sp³-hybridized carbons (Fsp3) is 0.615. The molecule has 0 spiro atoms. The number of aliphatic hydroxyl groups is 1. The predicted molar refractivity (Wildman–Crippen MR) is 80.2 cm³/mol. The molecule has 1 saturated heterocycles. The Morgan fingerprint density at radius 2 is 2.42 bits per heavy atom. The van der Waals surface area contributed by atoms with Gasteiger partial charge >= 0.3 is 0 Å². The molecule has 19 heavy (non-hydrogen) atoms. The first-order chi connectivity index (χ1) is 9.19. The summed E-state index contributed by atoms with van der Waals surface area (Å²) in [4.78, 5) is 15.1. The van der Waals surface area contributed by atoms with Crippen LogP contribution >= 0.6 is 27.3 Å². The van der Waals surface area contributed by atoms with Crippen LogP contribution in [0.2, 0.25) is 0 Å². The van der Waals surface area contributed by atoms with E-state index >= 15 is 0 Å². The van der Waals surface area contributed by atoms with Gasteiger partial charge in [0.1, 0.15) is 0 Å². The van der Waals surface area contributed by atoms with Crippen molar-refractivity contribution >= 4 is 33.2 Å². The molecule has 6 heteroatoms. The van der Waals surface area contributed by atoms with Gasteiger partial charge in [-0.05, 0) is 41.4 Å². The molecule has 1 unspecified atom stereocenters. The van der Waals surface area contributed by atoms with Gasteiger partial charge in [0.25, 0.3) is 0 Å². The lowest BCUT2D eigenvalue weighted by molar-refractivity contribution is -0.123. The Balaban J connectivity index is 1.77. The van der Waals surface area contributed by atoms with E-state index in [9.17, 15) is 9.90 Å². The molecule has 1 fully saturated rings. The summed E-state index contributed by atoms with van der Waals surface area (Å²) in [6, 6.07) is 2.16. The van der Waals surface area contributed by atoms with Crippen molar-refractivity contribution in [3.63, 3.8) is 0 Å². The molecule has 1 atom stereocenters. The molecular formula is C13H19BrN2O2S. The fourth-order valence-corrected chi connectivity index (χ4v) is 3.74. The van der Waals surface area contributed by atoms with Crippen molar-refractivity contribution < 1.29 is 9.90 Å². The molecule has 0 bridgehead atoms. The number of amides is 1. The standard InChI is InChI=1S/C13H19BrN2O2S/c14-10-5-12(19-9-10)6-15-13(18)7-16-4-2-1-3-11(16)8-17/h5,9,11,17H,1-4,6-8H2,(H,15,18). The monoisotopic (exact) mass is 346 g/mol. The topological polar surface area (TPSA) is 52.6 Å². The first kappa shape index (κ1) is 15.0. The van der Waals surface area contributed by atoms with Crippen LogP contribution in [0.3, 0.4) is 0 Å². The SMILES string of the molecule is O=C(CN1CCCCC1CO)NCc1cc(Br)cs1. The normalized spacial score (nSPS) is 20.4. The number of thiophene rings is 1. The third-order valence-electron chi connectivity index (χ3n) is 3.39. The Morgan fingerprint density at radius 1 is 1.58 bits per heavy atom. The highest BCUT2D eigenvalue weighted by atomic mass is 79.9. The van der Waals surface area contributed by atoms with Crippen LogP contribution in [0.5, 0.6) is 0 Å². The maximum Gasteiger partial charge on any atom is 0.234 e. The van der Waals surface area contributed by atoms with Crippen LogP contribution in [0.4, 0.5) is 0 Å². The number of carbonyl (C=O) groups is 1. The van der Waals surface area contributed by atoms with Crippen LogP contribution in [0.1, 0.15) is 24.1 Å². The maximum absolute atomic E-state index is 11.9. The van der Waals surface area contributed by atoms with Gasteiger partial charge in [0.15, 0.2) is 0 Å². The number of nitrogens with one attached hydrogen (secondary N) is 1. The van der Waals surface area contributed by atoms with E-state index in [1.165, 1.54) is 0 Å². The predicted octanol–water partition coefficient (Wildman–Crippen LogP) is 1.97.